The molecule has 0 aliphatic rings. The molecule has 16 nitrogen and oxygen atoms in total. The molecule has 0 fully saturated rings. The van der Waals surface area contributed by atoms with Crippen molar-refractivity contribution in [1.82, 2.24) is 35.2 Å². The fourth-order valence-corrected chi connectivity index (χ4v) is 9.15. The number of nitrogens with two attached hydrogens (primary N) is 1. The van der Waals surface area contributed by atoms with E-state index in [9.17, 15) is 20.1 Å². The zero-order chi connectivity index (χ0) is 53.6. The number of aromatic amines is 2. The summed E-state index contributed by atoms with van der Waals surface area (Å²) in [5.41, 5.74) is 17.0. The van der Waals surface area contributed by atoms with Crippen LogP contribution in [-0.4, -0.2) is 47.6 Å². The Morgan fingerprint density at radius 3 is 1.62 bits per heavy atom. The van der Waals surface area contributed by atoms with Crippen molar-refractivity contribution < 1.29 is 28.5 Å². The number of halogens is 2. The van der Waals surface area contributed by atoms with Crippen molar-refractivity contribution in [1.29, 1.82) is 10.5 Å². The second-order valence-corrected chi connectivity index (χ2v) is 19.1. The van der Waals surface area contributed by atoms with E-state index in [1.807, 2.05) is 24.3 Å². The first-order chi connectivity index (χ1) is 36.8. The lowest BCUT2D eigenvalue weighted by Gasteiger charge is -2.20. The summed E-state index contributed by atoms with van der Waals surface area (Å²) in [6, 6.07) is 26.4. The third-order valence-corrected chi connectivity index (χ3v) is 13.6. The molecule has 76 heavy (non-hydrogen) atoms. The van der Waals surface area contributed by atoms with E-state index in [1.54, 1.807) is 73.8 Å². The molecule has 0 radical (unpaired) electrons. The summed E-state index contributed by atoms with van der Waals surface area (Å²) in [5, 5.41) is 23.0. The molecule has 8 rings (SSSR count). The van der Waals surface area contributed by atoms with Crippen LogP contribution in [0.1, 0.15) is 80.4 Å². The van der Waals surface area contributed by atoms with Crippen molar-refractivity contribution >= 4 is 34.9 Å². The van der Waals surface area contributed by atoms with Crippen LogP contribution >= 0.6 is 23.2 Å². The standard InChI is InChI=1S/C58H54Cl2N10O6/c1-35-44(31-75-56-18-54(73-29-40-12-38(20-61)22-64-24-40)42(15-51(56)59)10-11-43(58(63)72)14-47-27-66-33-69-47)6-4-8-49(35)50-9-5-7-45(36(50)2)32-76-57-19-55(74-30-41-13-39(21-62)23-65-25-41)46(16-52(57)60)26-68-53(37(3)71)17-48-28-67-34-70-48/h4-9,12-13,15-16,18-19,22-25,27-28,33-34,43,53,68H,10-11,14,17,26,29-32H2,1-3H3,(H2,63,72)(H,66,69)(H,67,70)/t43-,53-/m0/s1. The van der Waals surface area contributed by atoms with Gasteiger partial charge in [0.2, 0.25) is 5.91 Å². The number of Topliss-reactive ketones (excluding diaryl/α,β-unsaturated/α-hetero) is 1. The third kappa shape index (κ3) is 14.0. The smallest absolute Gasteiger partial charge is 0.220 e. The predicted molar refractivity (Wildman–Crippen MR) is 286 cm³/mol. The number of H-pyrrole nitrogens is 2. The Labute approximate surface area is 450 Å². The number of carbonyl (C=O) groups is 2. The Bertz CT molecular complexity index is 3190. The summed E-state index contributed by atoms with van der Waals surface area (Å²) in [7, 11) is 0. The normalized spacial score (nSPS) is 11.8. The average Bonchev–Trinajstić information content (AvgIpc) is 4.16. The number of aromatic nitrogens is 6. The number of nitrogens with zero attached hydrogens (tertiary/aromatic N) is 6. The molecule has 1 amide bonds. The summed E-state index contributed by atoms with van der Waals surface area (Å²) in [6.45, 7) is 6.53. The van der Waals surface area contributed by atoms with Crippen LogP contribution in [0, 0.1) is 42.4 Å². The molecule has 0 aliphatic heterocycles. The fraction of sp³-hybridized carbons (Fsp3) is 0.241. The van der Waals surface area contributed by atoms with Crippen LogP contribution in [0.3, 0.4) is 0 Å². The summed E-state index contributed by atoms with van der Waals surface area (Å²) >= 11 is 13.9. The number of aryl methyl sites for hydroxylation is 1. The predicted octanol–water partition coefficient (Wildman–Crippen LogP) is 10.1. The molecule has 4 aromatic heterocycles. The highest BCUT2D eigenvalue weighted by molar-refractivity contribution is 6.32. The Kier molecular flexibility index (Phi) is 18.1. The van der Waals surface area contributed by atoms with E-state index in [1.165, 1.54) is 19.3 Å². The number of benzene rings is 4. The van der Waals surface area contributed by atoms with Crippen LogP contribution in [0.25, 0.3) is 11.1 Å². The zero-order valence-electron chi connectivity index (χ0n) is 42.0. The molecule has 2 atom stereocenters. The lowest BCUT2D eigenvalue weighted by molar-refractivity contribution is -0.122. The molecule has 0 bridgehead atoms. The van der Waals surface area contributed by atoms with Crippen molar-refractivity contribution in [3.05, 3.63) is 200 Å². The monoisotopic (exact) mass is 1060 g/mol. The van der Waals surface area contributed by atoms with Crippen LogP contribution in [-0.2, 0) is 61.8 Å². The Hall–Kier alpha value is -8.54. The topological polar surface area (TPSA) is 240 Å². The molecule has 0 aliphatic carbocycles. The average molecular weight is 1060 g/mol. The zero-order valence-corrected chi connectivity index (χ0v) is 43.5. The molecule has 4 aromatic carbocycles. The number of amides is 1. The number of primary amides is 1. The van der Waals surface area contributed by atoms with Crippen LogP contribution in [0.15, 0.2) is 123 Å². The number of nitrogens with one attached hydrogen (secondary N) is 3. The maximum Gasteiger partial charge on any atom is 0.220 e. The number of ketones is 1. The van der Waals surface area contributed by atoms with Crippen molar-refractivity contribution in [2.75, 3.05) is 0 Å². The number of hydrogen-bond acceptors (Lipinski definition) is 13. The van der Waals surface area contributed by atoms with Crippen LogP contribution < -0.4 is 30.0 Å². The van der Waals surface area contributed by atoms with Gasteiger partial charge in [0.25, 0.3) is 0 Å². The highest BCUT2D eigenvalue weighted by Gasteiger charge is 2.22. The largest absolute Gasteiger partial charge is 0.488 e. The summed E-state index contributed by atoms with van der Waals surface area (Å²) < 4.78 is 25.6. The first-order valence-electron chi connectivity index (χ1n) is 24.3. The highest BCUT2D eigenvalue weighted by Crippen LogP contribution is 2.38. The van der Waals surface area contributed by atoms with E-state index in [-0.39, 0.29) is 38.8 Å². The second-order valence-electron chi connectivity index (χ2n) is 18.2. The second kappa shape index (κ2) is 25.6. The Morgan fingerprint density at radius 2 is 1.13 bits per heavy atom. The molecule has 0 spiro atoms. The molecule has 0 unspecified atom stereocenters. The van der Waals surface area contributed by atoms with E-state index < -0.39 is 17.9 Å². The van der Waals surface area contributed by atoms with Crippen LogP contribution in [0.2, 0.25) is 10.0 Å². The Balaban J connectivity index is 0.990. The minimum atomic E-state index is -0.498. The summed E-state index contributed by atoms with van der Waals surface area (Å²) in [6.07, 6.45) is 14.4. The summed E-state index contributed by atoms with van der Waals surface area (Å²) in [5.74, 6) is 0.858. The lowest BCUT2D eigenvalue weighted by Crippen LogP contribution is -2.37. The quantitative estimate of drug-likeness (QED) is 0.0417. The van der Waals surface area contributed by atoms with Gasteiger partial charge in [-0.3, -0.25) is 19.6 Å². The van der Waals surface area contributed by atoms with E-state index in [2.05, 4.69) is 73.3 Å². The van der Waals surface area contributed by atoms with Gasteiger partial charge in [0.15, 0.2) is 0 Å². The lowest BCUT2D eigenvalue weighted by atomic mass is 9.92. The van der Waals surface area contributed by atoms with Gasteiger partial charge < -0.3 is 40.0 Å². The number of carbonyl (C=O) groups excluding carboxylic acids is 2. The summed E-state index contributed by atoms with van der Waals surface area (Å²) in [4.78, 5) is 47.8. The van der Waals surface area contributed by atoms with Crippen LogP contribution in [0.5, 0.6) is 23.0 Å². The van der Waals surface area contributed by atoms with Gasteiger partial charge in [-0.05, 0) is 96.8 Å². The van der Waals surface area contributed by atoms with Gasteiger partial charge in [-0.1, -0.05) is 59.6 Å². The number of imidazole rings is 2. The van der Waals surface area contributed by atoms with Gasteiger partial charge in [-0.2, -0.15) is 10.5 Å². The van der Waals surface area contributed by atoms with E-state index in [0.717, 1.165) is 50.3 Å². The first kappa shape index (κ1) is 53.7. The van der Waals surface area contributed by atoms with E-state index in [4.69, 9.17) is 47.9 Å². The molecule has 4 heterocycles. The minimum Gasteiger partial charge on any atom is -0.488 e. The SMILES string of the molecule is CC(=O)[C@H](Cc1cnc[nH]1)NCc1cc(Cl)c(OCc2cccc(-c3cccc(COc4cc(OCc5cncc(C#N)c5)c(CC[C@@H](Cc5cnc[nH]5)C(N)=O)cc4Cl)c3C)c2C)cc1OCc1cncc(C#N)c1. The molecule has 0 saturated carbocycles. The molecule has 0 saturated heterocycles. The molecule has 386 valence electrons. The number of nitriles is 2. The van der Waals surface area contributed by atoms with E-state index >= 15 is 0 Å². The minimum absolute atomic E-state index is 0.0364. The van der Waals surface area contributed by atoms with Gasteiger partial charge in [0, 0.05) is 103 Å². The molecule has 5 N–H and O–H groups in total. The van der Waals surface area contributed by atoms with Crippen molar-refractivity contribution in [3.63, 3.8) is 0 Å². The van der Waals surface area contributed by atoms with Gasteiger partial charge in [0.1, 0.15) is 67.3 Å². The molecule has 8 aromatic rings. The van der Waals surface area contributed by atoms with Crippen molar-refractivity contribution in [3.8, 4) is 46.3 Å². The van der Waals surface area contributed by atoms with Crippen LogP contribution in [0.4, 0.5) is 0 Å². The first-order valence-corrected chi connectivity index (χ1v) is 25.1. The third-order valence-electron chi connectivity index (χ3n) is 13.0. The maximum atomic E-state index is 12.7. The number of pyridine rings is 2. The van der Waals surface area contributed by atoms with Gasteiger partial charge >= 0.3 is 0 Å². The number of ether oxygens (including phenoxy) is 4. The molecular weight excluding hydrogens is 1000 g/mol. The number of rotatable bonds is 25. The maximum absolute atomic E-state index is 12.7. The highest BCUT2D eigenvalue weighted by atomic mass is 35.5. The Morgan fingerprint density at radius 1 is 0.632 bits per heavy atom. The van der Waals surface area contributed by atoms with E-state index in [0.29, 0.717) is 86.5 Å². The van der Waals surface area contributed by atoms with Crippen molar-refractivity contribution in [2.45, 2.75) is 85.5 Å². The molecule has 18 heteroatoms. The van der Waals surface area contributed by atoms with Gasteiger partial charge in [-0.15, -0.1) is 0 Å². The van der Waals surface area contributed by atoms with Gasteiger partial charge in [0.05, 0.1) is 39.9 Å². The molecular formula is C58H54Cl2N10O6. The van der Waals surface area contributed by atoms with Gasteiger partial charge in [-0.25, -0.2) is 9.97 Å². The fourth-order valence-electron chi connectivity index (χ4n) is 8.67. The van der Waals surface area contributed by atoms with Crippen molar-refractivity contribution in [2.24, 2.45) is 11.7 Å². The number of hydrogen-bond donors (Lipinski definition) is 4.